The Hall–Kier alpha value is -2.91. The third-order valence-electron chi connectivity index (χ3n) is 3.73. The van der Waals surface area contributed by atoms with Gasteiger partial charge in [0.1, 0.15) is 18.1 Å². The van der Waals surface area contributed by atoms with Gasteiger partial charge >= 0.3 is 0 Å². The van der Waals surface area contributed by atoms with Crippen molar-refractivity contribution in [2.24, 2.45) is 0 Å². The van der Waals surface area contributed by atoms with Gasteiger partial charge < -0.3 is 0 Å². The Bertz CT molecular complexity index is 1040. The second kappa shape index (κ2) is 6.54. The summed E-state index contributed by atoms with van der Waals surface area (Å²) in [5.74, 6) is 2.21. The molecule has 4 nitrogen and oxygen atoms in total. The summed E-state index contributed by atoms with van der Waals surface area (Å²) in [5.41, 5.74) is 3.00. The predicted octanol–water partition coefficient (Wildman–Crippen LogP) is 3.39. The molecule has 0 bridgehead atoms. The van der Waals surface area contributed by atoms with Gasteiger partial charge in [0.15, 0.2) is 9.84 Å². The minimum atomic E-state index is -3.27. The van der Waals surface area contributed by atoms with Gasteiger partial charge in [0.2, 0.25) is 0 Å². The highest BCUT2D eigenvalue weighted by Gasteiger charge is 2.14. The summed E-state index contributed by atoms with van der Waals surface area (Å²) in [5, 5.41) is 4.49. The van der Waals surface area contributed by atoms with Gasteiger partial charge in [0.25, 0.3) is 0 Å². The number of aromatic nitrogens is 2. The van der Waals surface area contributed by atoms with Crippen molar-refractivity contribution in [3.05, 3.63) is 60.5 Å². The molecule has 0 aliphatic carbocycles. The number of terminal acetylenes is 1. The molecule has 0 spiro atoms. The van der Waals surface area contributed by atoms with Crippen molar-refractivity contribution < 1.29 is 12.8 Å². The van der Waals surface area contributed by atoms with E-state index in [0.29, 0.717) is 12.2 Å². The first kappa shape index (κ1) is 16.9. The Morgan fingerprint density at radius 1 is 1.08 bits per heavy atom. The van der Waals surface area contributed by atoms with Crippen molar-refractivity contribution in [2.75, 3.05) is 6.26 Å². The molecule has 0 aliphatic heterocycles. The zero-order valence-corrected chi connectivity index (χ0v) is 14.3. The van der Waals surface area contributed by atoms with Crippen LogP contribution in [-0.4, -0.2) is 24.5 Å². The monoisotopic (exact) mass is 354 g/mol. The van der Waals surface area contributed by atoms with Crippen molar-refractivity contribution >= 4 is 9.84 Å². The molecule has 2 aromatic carbocycles. The Morgan fingerprint density at radius 3 is 2.24 bits per heavy atom. The van der Waals surface area contributed by atoms with Gasteiger partial charge in [-0.3, -0.25) is 4.68 Å². The molecule has 0 saturated heterocycles. The molecule has 0 unspecified atom stereocenters. The van der Waals surface area contributed by atoms with Crippen molar-refractivity contribution in [1.82, 2.24) is 9.78 Å². The number of hydrogen-bond acceptors (Lipinski definition) is 3. The molecule has 0 atom stereocenters. The first-order valence-electron chi connectivity index (χ1n) is 7.46. The highest BCUT2D eigenvalue weighted by Crippen LogP contribution is 2.31. The zero-order valence-electron chi connectivity index (χ0n) is 13.5. The van der Waals surface area contributed by atoms with Crippen molar-refractivity contribution in [3.8, 4) is 34.7 Å². The normalized spacial score (nSPS) is 11.2. The molecule has 6 heteroatoms. The molecule has 25 heavy (non-hydrogen) atoms. The summed E-state index contributed by atoms with van der Waals surface area (Å²) in [7, 11) is -3.27. The van der Waals surface area contributed by atoms with E-state index in [0.717, 1.165) is 22.9 Å². The minimum absolute atomic E-state index is 0.239. The largest absolute Gasteiger partial charge is 0.259 e. The molecular weight excluding hydrogens is 339 g/mol. The Morgan fingerprint density at radius 2 is 1.68 bits per heavy atom. The fraction of sp³-hybridized carbons (Fsp3) is 0.105. The molecule has 0 aliphatic rings. The van der Waals surface area contributed by atoms with E-state index in [9.17, 15) is 12.8 Å². The van der Waals surface area contributed by atoms with E-state index in [-0.39, 0.29) is 10.7 Å². The highest BCUT2D eigenvalue weighted by atomic mass is 32.2. The first-order chi connectivity index (χ1) is 11.9. The lowest BCUT2D eigenvalue weighted by atomic mass is 10.0. The summed E-state index contributed by atoms with van der Waals surface area (Å²) in [6.45, 7) is 0.301. The third-order valence-corrected chi connectivity index (χ3v) is 4.85. The number of rotatable bonds is 4. The maximum atomic E-state index is 13.2. The number of sulfone groups is 1. The van der Waals surface area contributed by atoms with E-state index in [1.165, 1.54) is 12.1 Å². The number of halogens is 1. The summed E-state index contributed by atoms with van der Waals surface area (Å²) in [6.07, 6.45) is 8.32. The molecule has 1 aromatic heterocycles. The van der Waals surface area contributed by atoms with Crippen LogP contribution >= 0.6 is 0 Å². The molecule has 0 fully saturated rings. The maximum Gasteiger partial charge on any atom is 0.175 e. The number of hydrogen-bond donors (Lipinski definition) is 0. The van der Waals surface area contributed by atoms with Crippen LogP contribution in [0.1, 0.15) is 0 Å². The van der Waals surface area contributed by atoms with E-state index >= 15 is 0 Å². The van der Waals surface area contributed by atoms with Crippen molar-refractivity contribution in [1.29, 1.82) is 0 Å². The van der Waals surface area contributed by atoms with Crippen LogP contribution in [0.2, 0.25) is 0 Å². The molecule has 126 valence electrons. The van der Waals surface area contributed by atoms with Crippen LogP contribution in [0.15, 0.2) is 59.6 Å². The molecule has 0 N–H and O–H groups in total. The second-order valence-corrected chi connectivity index (χ2v) is 7.61. The lowest BCUT2D eigenvalue weighted by Gasteiger charge is -2.04. The molecule has 0 radical (unpaired) electrons. The average molecular weight is 354 g/mol. The topological polar surface area (TPSA) is 52.0 Å². The lowest BCUT2D eigenvalue weighted by molar-refractivity contribution is 0.602. The van der Waals surface area contributed by atoms with E-state index in [1.54, 1.807) is 47.3 Å². The summed E-state index contributed by atoms with van der Waals surface area (Å²) in [4.78, 5) is 0.239. The van der Waals surface area contributed by atoms with Gasteiger partial charge in [0, 0.05) is 23.6 Å². The molecule has 1 heterocycles. The minimum Gasteiger partial charge on any atom is -0.259 e. The SMILES string of the molecule is C#CCn1cc(-c2ccc(F)cc2)c(-c2ccc(S(C)(=O)=O)cc2)n1. The van der Waals surface area contributed by atoms with Crippen molar-refractivity contribution in [3.63, 3.8) is 0 Å². The first-order valence-corrected chi connectivity index (χ1v) is 9.35. The number of benzene rings is 2. The summed E-state index contributed by atoms with van der Waals surface area (Å²) < 4.78 is 38.1. The highest BCUT2D eigenvalue weighted by molar-refractivity contribution is 7.90. The van der Waals surface area contributed by atoms with Gasteiger partial charge in [-0.25, -0.2) is 12.8 Å². The van der Waals surface area contributed by atoms with Crippen LogP contribution in [0, 0.1) is 18.2 Å². The molecule has 3 rings (SSSR count). The molecule has 0 saturated carbocycles. The van der Waals surface area contributed by atoms with Crippen LogP contribution in [0.3, 0.4) is 0 Å². The maximum absolute atomic E-state index is 13.2. The Balaban J connectivity index is 2.11. The molecule has 3 aromatic rings. The third kappa shape index (κ3) is 3.62. The van der Waals surface area contributed by atoms with Crippen LogP contribution in [-0.2, 0) is 16.4 Å². The van der Waals surface area contributed by atoms with E-state index < -0.39 is 9.84 Å². The fourth-order valence-electron chi connectivity index (χ4n) is 2.51. The second-order valence-electron chi connectivity index (χ2n) is 5.60. The molecule has 0 amide bonds. The van der Waals surface area contributed by atoms with Gasteiger partial charge in [-0.15, -0.1) is 6.42 Å². The predicted molar refractivity (Wildman–Crippen MR) is 95.0 cm³/mol. The van der Waals surface area contributed by atoms with E-state index in [1.807, 2.05) is 0 Å². The van der Waals surface area contributed by atoms with Gasteiger partial charge in [0.05, 0.1) is 4.90 Å². The fourth-order valence-corrected chi connectivity index (χ4v) is 3.14. The van der Waals surface area contributed by atoms with Gasteiger partial charge in [-0.05, 0) is 29.8 Å². The van der Waals surface area contributed by atoms with Crippen LogP contribution in [0.5, 0.6) is 0 Å². The summed E-state index contributed by atoms with van der Waals surface area (Å²) >= 11 is 0. The van der Waals surface area contributed by atoms with Gasteiger partial charge in [-0.1, -0.05) is 30.2 Å². The lowest BCUT2D eigenvalue weighted by Crippen LogP contribution is -1.97. The Labute approximate surface area is 145 Å². The number of nitrogens with zero attached hydrogens (tertiary/aromatic N) is 2. The smallest absolute Gasteiger partial charge is 0.175 e. The van der Waals surface area contributed by atoms with Crippen molar-refractivity contribution in [2.45, 2.75) is 11.4 Å². The molecular formula is C19H15FN2O2S. The van der Waals surface area contributed by atoms with Crippen LogP contribution < -0.4 is 0 Å². The van der Waals surface area contributed by atoms with Crippen LogP contribution in [0.4, 0.5) is 4.39 Å². The Kier molecular flexibility index (Phi) is 4.43. The zero-order chi connectivity index (χ0) is 18.0. The van der Waals surface area contributed by atoms with Crippen LogP contribution in [0.25, 0.3) is 22.4 Å². The standard InChI is InChI=1S/C19H15FN2O2S/c1-3-12-22-13-18(14-4-8-16(20)9-5-14)19(21-22)15-6-10-17(11-7-15)25(2,23)24/h1,4-11,13H,12H2,2H3. The van der Waals surface area contributed by atoms with E-state index in [2.05, 4.69) is 11.0 Å². The van der Waals surface area contributed by atoms with Gasteiger partial charge in [-0.2, -0.15) is 5.10 Å². The van der Waals surface area contributed by atoms with E-state index in [4.69, 9.17) is 6.42 Å². The summed E-state index contributed by atoms with van der Waals surface area (Å²) in [6, 6.07) is 12.6. The quantitative estimate of drug-likeness (QED) is 0.675. The average Bonchev–Trinajstić information content (AvgIpc) is 2.99.